The molecule has 1 N–H and O–H groups in total. The molecule has 0 saturated carbocycles. The SMILES string of the molecule is Cc1cc(NC(=O)[C@H](C)SCc2csc(C)n2)on1. The van der Waals surface area contributed by atoms with Gasteiger partial charge in [-0.05, 0) is 20.8 Å². The van der Waals surface area contributed by atoms with E-state index >= 15 is 0 Å². The lowest BCUT2D eigenvalue weighted by molar-refractivity contribution is -0.115. The first-order valence-corrected chi connectivity index (χ1v) is 7.74. The summed E-state index contributed by atoms with van der Waals surface area (Å²) in [4.78, 5) is 16.3. The zero-order valence-corrected chi connectivity index (χ0v) is 12.6. The van der Waals surface area contributed by atoms with E-state index in [4.69, 9.17) is 4.52 Å². The Labute approximate surface area is 119 Å². The summed E-state index contributed by atoms with van der Waals surface area (Å²) >= 11 is 3.17. The maximum absolute atomic E-state index is 11.9. The summed E-state index contributed by atoms with van der Waals surface area (Å²) in [7, 11) is 0. The van der Waals surface area contributed by atoms with Gasteiger partial charge in [0.15, 0.2) is 0 Å². The number of nitrogens with one attached hydrogen (secondary N) is 1. The minimum atomic E-state index is -0.174. The zero-order valence-electron chi connectivity index (χ0n) is 11.0. The largest absolute Gasteiger partial charge is 0.338 e. The fourth-order valence-electron chi connectivity index (χ4n) is 1.41. The molecule has 0 spiro atoms. The molecule has 0 radical (unpaired) electrons. The molecule has 2 aromatic heterocycles. The molecule has 0 unspecified atom stereocenters. The molecule has 0 aliphatic heterocycles. The first kappa shape index (κ1) is 14.1. The smallest absolute Gasteiger partial charge is 0.239 e. The molecule has 2 heterocycles. The van der Waals surface area contributed by atoms with Crippen LogP contribution in [0.15, 0.2) is 16.0 Å². The van der Waals surface area contributed by atoms with Crippen LogP contribution in [0.5, 0.6) is 0 Å². The van der Waals surface area contributed by atoms with Gasteiger partial charge in [0, 0.05) is 17.2 Å². The van der Waals surface area contributed by atoms with Gasteiger partial charge in [-0.15, -0.1) is 23.1 Å². The van der Waals surface area contributed by atoms with Gasteiger partial charge >= 0.3 is 0 Å². The Morgan fingerprint density at radius 2 is 2.37 bits per heavy atom. The number of nitrogens with zero attached hydrogens (tertiary/aromatic N) is 2. The topological polar surface area (TPSA) is 68.0 Å². The molecule has 1 atom stereocenters. The van der Waals surface area contributed by atoms with Gasteiger partial charge in [-0.3, -0.25) is 10.1 Å². The summed E-state index contributed by atoms with van der Waals surface area (Å²) in [5, 5.41) is 9.31. The fraction of sp³-hybridized carbons (Fsp3) is 0.417. The zero-order chi connectivity index (χ0) is 13.8. The quantitative estimate of drug-likeness (QED) is 0.918. The number of aromatic nitrogens is 2. The van der Waals surface area contributed by atoms with E-state index in [1.54, 1.807) is 29.2 Å². The summed E-state index contributed by atoms with van der Waals surface area (Å²) in [6.07, 6.45) is 0. The van der Waals surface area contributed by atoms with E-state index in [-0.39, 0.29) is 11.2 Å². The van der Waals surface area contributed by atoms with Gasteiger partial charge in [0.05, 0.1) is 21.6 Å². The second-order valence-corrected chi connectivity index (χ2v) is 6.52. The van der Waals surface area contributed by atoms with Crippen molar-refractivity contribution in [2.24, 2.45) is 0 Å². The Kier molecular flexibility index (Phi) is 4.60. The van der Waals surface area contributed by atoms with Crippen LogP contribution in [0, 0.1) is 13.8 Å². The second-order valence-electron chi connectivity index (χ2n) is 4.13. The molecule has 2 rings (SSSR count). The predicted molar refractivity (Wildman–Crippen MR) is 77.5 cm³/mol. The molecular formula is C12H15N3O2S2. The van der Waals surface area contributed by atoms with Crippen LogP contribution in [-0.4, -0.2) is 21.3 Å². The number of thioether (sulfide) groups is 1. The van der Waals surface area contributed by atoms with Crippen molar-refractivity contribution in [2.75, 3.05) is 5.32 Å². The lowest BCUT2D eigenvalue weighted by Gasteiger charge is -2.08. The maximum atomic E-state index is 11.9. The highest BCUT2D eigenvalue weighted by Gasteiger charge is 2.16. The lowest BCUT2D eigenvalue weighted by atomic mass is 10.4. The number of rotatable bonds is 5. The summed E-state index contributed by atoms with van der Waals surface area (Å²) in [5.74, 6) is 1.03. The van der Waals surface area contributed by atoms with Gasteiger partial charge in [-0.1, -0.05) is 5.16 Å². The molecule has 0 bridgehead atoms. The molecule has 0 aliphatic carbocycles. The first-order chi connectivity index (χ1) is 9.04. The highest BCUT2D eigenvalue weighted by molar-refractivity contribution is 7.99. The van der Waals surface area contributed by atoms with E-state index in [1.165, 1.54) is 0 Å². The standard InChI is InChI=1S/C12H15N3O2S2/c1-7-4-11(17-15-7)14-12(16)8(2)18-5-10-6-19-9(3)13-10/h4,6,8H,5H2,1-3H3,(H,14,16)/t8-/m0/s1. The molecule has 0 aliphatic rings. The van der Waals surface area contributed by atoms with E-state index in [1.807, 2.05) is 26.2 Å². The van der Waals surface area contributed by atoms with Crippen molar-refractivity contribution in [3.63, 3.8) is 0 Å². The number of amides is 1. The highest BCUT2D eigenvalue weighted by atomic mass is 32.2. The van der Waals surface area contributed by atoms with Crippen molar-refractivity contribution >= 4 is 34.9 Å². The minimum Gasteiger partial charge on any atom is -0.338 e. The number of hydrogen-bond donors (Lipinski definition) is 1. The lowest BCUT2D eigenvalue weighted by Crippen LogP contribution is -2.22. The van der Waals surface area contributed by atoms with Gasteiger partial charge in [0.25, 0.3) is 0 Å². The van der Waals surface area contributed by atoms with Gasteiger partial charge < -0.3 is 4.52 Å². The molecule has 2 aromatic rings. The summed E-state index contributed by atoms with van der Waals surface area (Å²) in [6.45, 7) is 5.64. The van der Waals surface area contributed by atoms with Crippen molar-refractivity contribution in [3.8, 4) is 0 Å². The molecular weight excluding hydrogens is 282 g/mol. The van der Waals surface area contributed by atoms with Crippen LogP contribution < -0.4 is 5.32 Å². The van der Waals surface area contributed by atoms with E-state index in [2.05, 4.69) is 15.5 Å². The van der Waals surface area contributed by atoms with Crippen molar-refractivity contribution in [1.82, 2.24) is 10.1 Å². The average molecular weight is 297 g/mol. The van der Waals surface area contributed by atoms with Crippen LogP contribution >= 0.6 is 23.1 Å². The monoisotopic (exact) mass is 297 g/mol. The Bertz CT molecular complexity index is 565. The van der Waals surface area contributed by atoms with Gasteiger partial charge in [0.1, 0.15) is 0 Å². The second kappa shape index (κ2) is 6.21. The Balaban J connectivity index is 1.82. The van der Waals surface area contributed by atoms with Crippen LogP contribution in [0.25, 0.3) is 0 Å². The number of carbonyl (C=O) groups is 1. The highest BCUT2D eigenvalue weighted by Crippen LogP contribution is 2.20. The van der Waals surface area contributed by atoms with Gasteiger partial charge in [-0.25, -0.2) is 4.98 Å². The molecule has 7 heteroatoms. The van der Waals surface area contributed by atoms with E-state index in [9.17, 15) is 4.79 Å². The summed E-state index contributed by atoms with van der Waals surface area (Å²) in [5.41, 5.74) is 1.76. The molecule has 102 valence electrons. The average Bonchev–Trinajstić information content (AvgIpc) is 2.95. The predicted octanol–water partition coefficient (Wildman–Crippen LogP) is 3.01. The molecule has 5 nitrogen and oxygen atoms in total. The third-order valence-corrected chi connectivity index (χ3v) is 4.39. The number of carbonyl (C=O) groups excluding carboxylic acids is 1. The third kappa shape index (κ3) is 4.07. The maximum Gasteiger partial charge on any atom is 0.239 e. The number of thiazole rings is 1. The molecule has 19 heavy (non-hydrogen) atoms. The summed E-state index contributed by atoms with van der Waals surface area (Å²) < 4.78 is 4.95. The molecule has 0 saturated heterocycles. The van der Waals surface area contributed by atoms with Crippen molar-refractivity contribution in [2.45, 2.75) is 31.8 Å². The van der Waals surface area contributed by atoms with E-state index in [0.717, 1.165) is 22.1 Å². The normalized spacial score (nSPS) is 12.4. The number of anilines is 1. The molecule has 0 aromatic carbocycles. The van der Waals surface area contributed by atoms with Crippen molar-refractivity contribution in [3.05, 3.63) is 27.8 Å². The molecule has 0 fully saturated rings. The Morgan fingerprint density at radius 3 is 2.95 bits per heavy atom. The van der Waals surface area contributed by atoms with E-state index in [0.29, 0.717) is 5.88 Å². The number of aryl methyl sites for hydroxylation is 2. The first-order valence-electron chi connectivity index (χ1n) is 5.81. The Hall–Kier alpha value is -1.34. The third-order valence-electron chi connectivity index (χ3n) is 2.39. The van der Waals surface area contributed by atoms with Crippen LogP contribution in [0.4, 0.5) is 5.88 Å². The van der Waals surface area contributed by atoms with Crippen LogP contribution in [-0.2, 0) is 10.5 Å². The van der Waals surface area contributed by atoms with Crippen LogP contribution in [0.1, 0.15) is 23.3 Å². The number of hydrogen-bond acceptors (Lipinski definition) is 6. The van der Waals surface area contributed by atoms with Crippen LogP contribution in [0.2, 0.25) is 0 Å². The minimum absolute atomic E-state index is 0.0897. The van der Waals surface area contributed by atoms with E-state index < -0.39 is 0 Å². The fourth-order valence-corrected chi connectivity index (χ4v) is 2.90. The van der Waals surface area contributed by atoms with Gasteiger partial charge in [0.2, 0.25) is 11.8 Å². The summed E-state index contributed by atoms with van der Waals surface area (Å²) in [6, 6.07) is 1.69. The van der Waals surface area contributed by atoms with Crippen molar-refractivity contribution in [1.29, 1.82) is 0 Å². The molecule has 1 amide bonds. The van der Waals surface area contributed by atoms with Crippen LogP contribution in [0.3, 0.4) is 0 Å². The van der Waals surface area contributed by atoms with Crippen molar-refractivity contribution < 1.29 is 9.32 Å². The van der Waals surface area contributed by atoms with Gasteiger partial charge in [-0.2, -0.15) is 0 Å². The Morgan fingerprint density at radius 1 is 1.58 bits per heavy atom.